The van der Waals surface area contributed by atoms with Gasteiger partial charge in [0.25, 0.3) is 0 Å². The summed E-state index contributed by atoms with van der Waals surface area (Å²) >= 11 is 0. The van der Waals surface area contributed by atoms with Crippen molar-refractivity contribution in [3.8, 4) is 0 Å². The minimum atomic E-state index is 0.384. The highest BCUT2D eigenvalue weighted by molar-refractivity contribution is 5.85. The number of nitrogens with zero attached hydrogens (tertiary/aromatic N) is 1. The van der Waals surface area contributed by atoms with Crippen LogP contribution in [0.4, 0.5) is 0 Å². The van der Waals surface area contributed by atoms with Crippen molar-refractivity contribution in [2.75, 3.05) is 0 Å². The second kappa shape index (κ2) is 10.0. The van der Waals surface area contributed by atoms with Crippen LogP contribution >= 0.6 is 0 Å². The quantitative estimate of drug-likeness (QED) is 0.258. The Bertz CT molecular complexity index is 164. The Morgan fingerprint density at radius 2 is 1.53 bits per heavy atom. The zero-order valence-electron chi connectivity index (χ0n) is 10.6. The normalized spacial score (nSPS) is 12.4. The Kier molecular flexibility index (Phi) is 9.65. The van der Waals surface area contributed by atoms with Crippen LogP contribution in [0.5, 0.6) is 0 Å². The topological polar surface area (TPSA) is 32.6 Å². The molecule has 2 heteroatoms. The van der Waals surface area contributed by atoms with Crippen LogP contribution < -0.4 is 0 Å². The SMILES string of the molecule is CCCCCCCCCC(=NO)C(C)C. The third-order valence-corrected chi connectivity index (χ3v) is 2.83. The molecule has 1 N–H and O–H groups in total. The fourth-order valence-electron chi connectivity index (χ4n) is 1.72. The van der Waals surface area contributed by atoms with E-state index in [2.05, 4.69) is 25.9 Å². The molecule has 0 atom stereocenters. The highest BCUT2D eigenvalue weighted by atomic mass is 16.4. The fraction of sp³-hybridized carbons (Fsp3) is 0.923. The Morgan fingerprint density at radius 1 is 1.00 bits per heavy atom. The lowest BCUT2D eigenvalue weighted by atomic mass is 10.0. The summed E-state index contributed by atoms with van der Waals surface area (Å²) in [6, 6.07) is 0. The summed E-state index contributed by atoms with van der Waals surface area (Å²) in [5.41, 5.74) is 0.948. The zero-order valence-corrected chi connectivity index (χ0v) is 10.6. The van der Waals surface area contributed by atoms with E-state index in [1.165, 1.54) is 44.9 Å². The first-order valence-corrected chi connectivity index (χ1v) is 6.43. The fourth-order valence-corrected chi connectivity index (χ4v) is 1.72. The van der Waals surface area contributed by atoms with Gasteiger partial charge in [-0.15, -0.1) is 0 Å². The minimum Gasteiger partial charge on any atom is -0.411 e. The summed E-state index contributed by atoms with van der Waals surface area (Å²) in [6.07, 6.45) is 10.2. The first kappa shape index (κ1) is 14.5. The monoisotopic (exact) mass is 213 g/mol. The summed E-state index contributed by atoms with van der Waals surface area (Å²) in [4.78, 5) is 0. The van der Waals surface area contributed by atoms with Gasteiger partial charge in [0.05, 0.1) is 5.71 Å². The minimum absolute atomic E-state index is 0.384. The lowest BCUT2D eigenvalue weighted by Gasteiger charge is -2.07. The number of unbranched alkanes of at least 4 members (excludes halogenated alkanes) is 6. The lowest BCUT2D eigenvalue weighted by Crippen LogP contribution is -2.07. The smallest absolute Gasteiger partial charge is 0.0596 e. The molecule has 0 rings (SSSR count). The lowest BCUT2D eigenvalue weighted by molar-refractivity contribution is 0.314. The maximum absolute atomic E-state index is 8.76. The Labute approximate surface area is 94.8 Å². The average Bonchev–Trinajstić information content (AvgIpc) is 2.21. The molecule has 0 bridgehead atoms. The van der Waals surface area contributed by atoms with Crippen LogP contribution in [0.2, 0.25) is 0 Å². The molecule has 0 amide bonds. The summed E-state index contributed by atoms with van der Waals surface area (Å²) in [6.45, 7) is 6.40. The largest absolute Gasteiger partial charge is 0.411 e. The number of rotatable bonds is 9. The van der Waals surface area contributed by atoms with Crippen LogP contribution in [-0.2, 0) is 0 Å². The molecule has 0 heterocycles. The van der Waals surface area contributed by atoms with Gasteiger partial charge in [0.2, 0.25) is 0 Å². The number of oxime groups is 1. The highest BCUT2D eigenvalue weighted by Gasteiger charge is 2.04. The molecule has 0 aliphatic rings. The van der Waals surface area contributed by atoms with Crippen LogP contribution in [0.15, 0.2) is 5.16 Å². The molecule has 0 aliphatic carbocycles. The molecule has 0 saturated carbocycles. The van der Waals surface area contributed by atoms with Crippen molar-refractivity contribution in [3.05, 3.63) is 0 Å². The van der Waals surface area contributed by atoms with Crippen molar-refractivity contribution in [1.82, 2.24) is 0 Å². The number of hydrogen-bond acceptors (Lipinski definition) is 2. The Balaban J connectivity index is 3.30. The second-order valence-electron chi connectivity index (χ2n) is 4.62. The van der Waals surface area contributed by atoms with Crippen LogP contribution in [0.3, 0.4) is 0 Å². The van der Waals surface area contributed by atoms with Crippen molar-refractivity contribution in [3.63, 3.8) is 0 Å². The molecule has 0 aromatic heterocycles. The summed E-state index contributed by atoms with van der Waals surface area (Å²) in [5, 5.41) is 12.1. The van der Waals surface area contributed by atoms with E-state index < -0.39 is 0 Å². The van der Waals surface area contributed by atoms with Crippen LogP contribution in [-0.4, -0.2) is 10.9 Å². The standard InChI is InChI=1S/C13H27NO/c1-4-5-6-7-8-9-10-11-13(14-15)12(2)3/h12,15H,4-11H2,1-3H3. The predicted octanol–water partition coefficient (Wildman–Crippen LogP) is 4.61. The molecule has 0 spiro atoms. The van der Waals surface area contributed by atoms with Crippen molar-refractivity contribution in [1.29, 1.82) is 0 Å². The molecule has 0 saturated heterocycles. The molecule has 0 aromatic carbocycles. The Hall–Kier alpha value is -0.530. The van der Waals surface area contributed by atoms with E-state index in [1.807, 2.05) is 0 Å². The van der Waals surface area contributed by atoms with Crippen molar-refractivity contribution >= 4 is 5.71 Å². The van der Waals surface area contributed by atoms with Crippen molar-refractivity contribution in [2.24, 2.45) is 11.1 Å². The van der Waals surface area contributed by atoms with Crippen molar-refractivity contribution < 1.29 is 5.21 Å². The van der Waals surface area contributed by atoms with E-state index in [0.29, 0.717) is 5.92 Å². The van der Waals surface area contributed by atoms with Gasteiger partial charge in [-0.3, -0.25) is 0 Å². The third kappa shape index (κ3) is 8.46. The molecule has 0 fully saturated rings. The van der Waals surface area contributed by atoms with E-state index in [1.54, 1.807) is 0 Å². The van der Waals surface area contributed by atoms with E-state index >= 15 is 0 Å². The molecule has 0 radical (unpaired) electrons. The van der Waals surface area contributed by atoms with Gasteiger partial charge in [0.15, 0.2) is 0 Å². The third-order valence-electron chi connectivity index (χ3n) is 2.83. The average molecular weight is 213 g/mol. The maximum Gasteiger partial charge on any atom is 0.0596 e. The van der Waals surface area contributed by atoms with Crippen molar-refractivity contribution in [2.45, 2.75) is 72.1 Å². The Morgan fingerprint density at radius 3 is 2.00 bits per heavy atom. The number of hydrogen-bond donors (Lipinski definition) is 1. The molecule has 0 unspecified atom stereocenters. The van der Waals surface area contributed by atoms with Gasteiger partial charge in [-0.2, -0.15) is 0 Å². The predicted molar refractivity (Wildman–Crippen MR) is 66.7 cm³/mol. The van der Waals surface area contributed by atoms with Gasteiger partial charge in [-0.25, -0.2) is 0 Å². The molecule has 0 aliphatic heterocycles. The molecular formula is C13H27NO. The summed E-state index contributed by atoms with van der Waals surface area (Å²) < 4.78 is 0. The highest BCUT2D eigenvalue weighted by Crippen LogP contribution is 2.11. The first-order chi connectivity index (χ1) is 7.22. The van der Waals surface area contributed by atoms with Crippen LogP contribution in [0.1, 0.15) is 72.1 Å². The van der Waals surface area contributed by atoms with Gasteiger partial charge in [-0.05, 0) is 18.8 Å². The van der Waals surface area contributed by atoms with Crippen LogP contribution in [0.25, 0.3) is 0 Å². The van der Waals surface area contributed by atoms with Gasteiger partial charge in [0, 0.05) is 0 Å². The van der Waals surface area contributed by atoms with E-state index in [-0.39, 0.29) is 0 Å². The van der Waals surface area contributed by atoms with Gasteiger partial charge >= 0.3 is 0 Å². The first-order valence-electron chi connectivity index (χ1n) is 6.43. The van der Waals surface area contributed by atoms with E-state index in [4.69, 9.17) is 5.21 Å². The molecular weight excluding hydrogens is 186 g/mol. The molecule has 2 nitrogen and oxygen atoms in total. The van der Waals surface area contributed by atoms with Gasteiger partial charge < -0.3 is 5.21 Å². The van der Waals surface area contributed by atoms with Gasteiger partial charge in [-0.1, -0.05) is 64.5 Å². The maximum atomic E-state index is 8.76. The second-order valence-corrected chi connectivity index (χ2v) is 4.62. The van der Waals surface area contributed by atoms with E-state index in [0.717, 1.165) is 12.1 Å². The molecule has 0 aromatic rings. The van der Waals surface area contributed by atoms with E-state index in [9.17, 15) is 0 Å². The van der Waals surface area contributed by atoms with Crippen LogP contribution in [0, 0.1) is 5.92 Å². The summed E-state index contributed by atoms with van der Waals surface area (Å²) in [7, 11) is 0. The zero-order chi connectivity index (χ0) is 11.5. The molecule has 90 valence electrons. The summed E-state index contributed by atoms with van der Waals surface area (Å²) in [5.74, 6) is 0.384. The van der Waals surface area contributed by atoms with Gasteiger partial charge in [0.1, 0.15) is 0 Å². The molecule has 15 heavy (non-hydrogen) atoms.